The van der Waals surface area contributed by atoms with E-state index in [0.29, 0.717) is 17.7 Å². The number of hydrogen-bond donors (Lipinski definition) is 0. The molecule has 6 heteroatoms. The minimum atomic E-state index is -0.392. The van der Waals surface area contributed by atoms with Gasteiger partial charge in [-0.15, -0.1) is 0 Å². The third-order valence-electron chi connectivity index (χ3n) is 6.76. The molecule has 0 spiro atoms. The number of nitrogens with zero attached hydrogens (tertiary/aromatic N) is 4. The van der Waals surface area contributed by atoms with Crippen LogP contribution in [0.5, 0.6) is 0 Å². The Kier molecular flexibility index (Phi) is 6.14. The topological polar surface area (TPSA) is 50.5 Å². The Morgan fingerprint density at radius 3 is 2.13 bits per heavy atom. The highest BCUT2D eigenvalue weighted by Gasteiger charge is 2.36. The first-order chi connectivity index (χ1) is 18.6. The summed E-state index contributed by atoms with van der Waals surface area (Å²) in [6.07, 6.45) is 2.48. The Morgan fingerprint density at radius 2 is 1.45 bits per heavy atom. The minimum absolute atomic E-state index is 0.185. The zero-order valence-electron chi connectivity index (χ0n) is 20.8. The molecule has 0 aliphatic carbocycles. The molecule has 1 aliphatic heterocycles. The van der Waals surface area contributed by atoms with Gasteiger partial charge in [-0.2, -0.15) is 10.2 Å². The highest BCUT2D eigenvalue weighted by molar-refractivity contribution is 6.05. The van der Waals surface area contributed by atoms with E-state index in [1.54, 1.807) is 29.3 Å². The van der Waals surface area contributed by atoms with E-state index < -0.39 is 6.04 Å². The van der Waals surface area contributed by atoms with E-state index in [4.69, 9.17) is 10.2 Å². The van der Waals surface area contributed by atoms with Crippen molar-refractivity contribution in [3.8, 4) is 16.9 Å². The average Bonchev–Trinajstić information content (AvgIpc) is 3.60. The molecule has 186 valence electrons. The van der Waals surface area contributed by atoms with Crippen molar-refractivity contribution in [3.05, 3.63) is 143 Å². The summed E-state index contributed by atoms with van der Waals surface area (Å²) in [5.41, 5.74) is 6.71. The van der Waals surface area contributed by atoms with Gasteiger partial charge in [0.1, 0.15) is 5.82 Å². The Labute approximate surface area is 220 Å². The van der Waals surface area contributed by atoms with Crippen LogP contribution in [0.4, 0.5) is 4.39 Å². The van der Waals surface area contributed by atoms with E-state index in [-0.39, 0.29) is 11.7 Å². The number of amides is 1. The van der Waals surface area contributed by atoms with Crippen molar-refractivity contribution in [1.29, 1.82) is 0 Å². The minimum Gasteiger partial charge on any atom is -0.267 e. The van der Waals surface area contributed by atoms with E-state index in [2.05, 4.69) is 0 Å². The molecule has 1 aromatic heterocycles. The van der Waals surface area contributed by atoms with Gasteiger partial charge >= 0.3 is 0 Å². The van der Waals surface area contributed by atoms with Gasteiger partial charge in [0, 0.05) is 29.3 Å². The maximum absolute atomic E-state index is 13.8. The van der Waals surface area contributed by atoms with E-state index in [1.807, 2.05) is 90.6 Å². The normalized spacial score (nSPS) is 14.9. The molecule has 0 radical (unpaired) electrons. The first-order valence-corrected chi connectivity index (χ1v) is 12.5. The summed E-state index contributed by atoms with van der Waals surface area (Å²) in [6.45, 7) is 2.04. The van der Waals surface area contributed by atoms with Gasteiger partial charge in [0.2, 0.25) is 0 Å². The van der Waals surface area contributed by atoms with Crippen molar-refractivity contribution < 1.29 is 9.18 Å². The molecule has 0 bridgehead atoms. The SMILES string of the molecule is Cc1ccc(C2=NN(C(=O)c3ccccc3)[C@@H](c3cn(-c4ccccc4)nc3-c3ccc(F)cc3)C2)cc1. The lowest BCUT2D eigenvalue weighted by molar-refractivity contribution is 0.0711. The number of carbonyl (C=O) groups is 1. The zero-order chi connectivity index (χ0) is 26.1. The number of aryl methyl sites for hydroxylation is 1. The Balaban J connectivity index is 1.49. The van der Waals surface area contributed by atoms with E-state index >= 15 is 0 Å². The number of rotatable bonds is 5. The molecule has 1 amide bonds. The van der Waals surface area contributed by atoms with Crippen LogP contribution in [-0.2, 0) is 0 Å². The highest BCUT2D eigenvalue weighted by Crippen LogP contribution is 2.39. The summed E-state index contributed by atoms with van der Waals surface area (Å²) < 4.78 is 15.6. The molecule has 1 atom stereocenters. The second-order valence-corrected chi connectivity index (χ2v) is 9.37. The molecule has 0 saturated carbocycles. The van der Waals surface area contributed by atoms with Crippen LogP contribution >= 0.6 is 0 Å². The third-order valence-corrected chi connectivity index (χ3v) is 6.76. The Morgan fingerprint density at radius 1 is 0.816 bits per heavy atom. The van der Waals surface area contributed by atoms with Crippen molar-refractivity contribution in [3.63, 3.8) is 0 Å². The van der Waals surface area contributed by atoms with Crippen LogP contribution in [0, 0.1) is 12.7 Å². The van der Waals surface area contributed by atoms with Crippen molar-refractivity contribution in [1.82, 2.24) is 14.8 Å². The second-order valence-electron chi connectivity index (χ2n) is 9.37. The largest absolute Gasteiger partial charge is 0.274 e. The fourth-order valence-electron chi connectivity index (χ4n) is 4.75. The zero-order valence-corrected chi connectivity index (χ0v) is 20.8. The van der Waals surface area contributed by atoms with Gasteiger partial charge in [-0.3, -0.25) is 4.79 Å². The summed E-state index contributed by atoms with van der Waals surface area (Å²) >= 11 is 0. The van der Waals surface area contributed by atoms with Gasteiger partial charge < -0.3 is 0 Å². The van der Waals surface area contributed by atoms with Gasteiger partial charge in [0.25, 0.3) is 5.91 Å². The molecule has 1 aliphatic rings. The third kappa shape index (κ3) is 4.52. The molecule has 5 aromatic rings. The molecule has 0 fully saturated rings. The lowest BCUT2D eigenvalue weighted by Gasteiger charge is -2.22. The maximum atomic E-state index is 13.8. The molecule has 2 heterocycles. The molecule has 0 N–H and O–H groups in total. The maximum Gasteiger partial charge on any atom is 0.274 e. The summed E-state index contributed by atoms with van der Waals surface area (Å²) in [5, 5.41) is 11.3. The van der Waals surface area contributed by atoms with Crippen LogP contribution in [-0.4, -0.2) is 26.4 Å². The van der Waals surface area contributed by atoms with E-state index in [9.17, 15) is 9.18 Å². The highest BCUT2D eigenvalue weighted by atomic mass is 19.1. The van der Waals surface area contributed by atoms with Crippen LogP contribution < -0.4 is 0 Å². The smallest absolute Gasteiger partial charge is 0.267 e. The van der Waals surface area contributed by atoms with Gasteiger partial charge in [0.15, 0.2) is 0 Å². The predicted molar refractivity (Wildman–Crippen MR) is 147 cm³/mol. The van der Waals surface area contributed by atoms with E-state index in [0.717, 1.165) is 33.7 Å². The molecule has 38 heavy (non-hydrogen) atoms. The number of benzene rings is 4. The fourth-order valence-corrected chi connectivity index (χ4v) is 4.75. The van der Waals surface area contributed by atoms with Gasteiger partial charge in [0.05, 0.1) is 23.1 Å². The Bertz CT molecular complexity index is 1610. The van der Waals surface area contributed by atoms with Gasteiger partial charge in [-0.1, -0.05) is 66.2 Å². The molecule has 0 saturated heterocycles. The van der Waals surface area contributed by atoms with Gasteiger partial charge in [-0.05, 0) is 61.0 Å². The average molecular weight is 501 g/mol. The predicted octanol–water partition coefficient (Wildman–Crippen LogP) is 6.98. The summed E-state index contributed by atoms with van der Waals surface area (Å²) in [5.74, 6) is -0.500. The van der Waals surface area contributed by atoms with Gasteiger partial charge in [-0.25, -0.2) is 14.1 Å². The van der Waals surface area contributed by atoms with Crippen molar-refractivity contribution in [2.75, 3.05) is 0 Å². The van der Waals surface area contributed by atoms with Crippen LogP contribution in [0.15, 0.2) is 120 Å². The second kappa shape index (κ2) is 9.90. The first kappa shape index (κ1) is 23.6. The van der Waals surface area contributed by atoms with Crippen LogP contribution in [0.2, 0.25) is 0 Å². The molecular formula is C32H25FN4O. The van der Waals surface area contributed by atoms with Crippen molar-refractivity contribution in [2.45, 2.75) is 19.4 Å². The number of aromatic nitrogens is 2. The van der Waals surface area contributed by atoms with E-state index in [1.165, 1.54) is 12.1 Å². The lowest BCUT2D eigenvalue weighted by atomic mass is 9.96. The van der Waals surface area contributed by atoms with Crippen molar-refractivity contribution >= 4 is 11.6 Å². The first-order valence-electron chi connectivity index (χ1n) is 12.5. The number of halogens is 1. The van der Waals surface area contributed by atoms with Crippen LogP contribution in [0.3, 0.4) is 0 Å². The number of carbonyl (C=O) groups excluding carboxylic acids is 1. The number of hydrazone groups is 1. The molecular weight excluding hydrogens is 475 g/mol. The summed E-state index contributed by atoms with van der Waals surface area (Å²) in [6, 6.07) is 33.0. The molecule has 4 aromatic carbocycles. The summed E-state index contributed by atoms with van der Waals surface area (Å²) in [7, 11) is 0. The monoisotopic (exact) mass is 500 g/mol. The standard InChI is InChI=1S/C32H25FN4O/c1-22-12-14-23(15-13-22)29-20-30(37(34-29)32(38)25-8-4-2-5-9-25)28-21-36(27-10-6-3-7-11-27)35-31(28)24-16-18-26(33)19-17-24/h2-19,21,30H,20H2,1H3/t30-/m1/s1. The quantitative estimate of drug-likeness (QED) is 0.261. The van der Waals surface area contributed by atoms with Crippen molar-refractivity contribution in [2.24, 2.45) is 5.10 Å². The van der Waals surface area contributed by atoms with Crippen LogP contribution in [0.25, 0.3) is 16.9 Å². The lowest BCUT2D eigenvalue weighted by Crippen LogP contribution is -2.27. The summed E-state index contributed by atoms with van der Waals surface area (Å²) in [4.78, 5) is 13.8. The molecule has 0 unspecified atom stereocenters. The molecule has 6 rings (SSSR count). The number of hydrogen-bond acceptors (Lipinski definition) is 3. The van der Waals surface area contributed by atoms with Crippen LogP contribution in [0.1, 0.15) is 39.5 Å². The number of para-hydroxylation sites is 1. The molecule has 5 nitrogen and oxygen atoms in total. The fraction of sp³-hybridized carbons (Fsp3) is 0.0938. The Hall–Kier alpha value is -4.84.